The summed E-state index contributed by atoms with van der Waals surface area (Å²) in [7, 11) is 0. The minimum absolute atomic E-state index is 0.00491. The summed E-state index contributed by atoms with van der Waals surface area (Å²) in [4.78, 5) is 26.6. The van der Waals surface area contributed by atoms with Crippen LogP contribution in [0.15, 0.2) is 62.9 Å². The molecule has 0 bridgehead atoms. The Hall–Kier alpha value is -3.17. The zero-order valence-electron chi connectivity index (χ0n) is 19.9. The fraction of sp³-hybridized carbons (Fsp3) is 0.308. The maximum atomic E-state index is 13.4. The fourth-order valence-corrected chi connectivity index (χ4v) is 4.17. The molecule has 35 heavy (non-hydrogen) atoms. The molecule has 0 saturated heterocycles. The highest BCUT2D eigenvalue weighted by Gasteiger charge is 2.24. The van der Waals surface area contributed by atoms with E-state index in [2.05, 4.69) is 30.9 Å². The zero-order valence-corrected chi connectivity index (χ0v) is 21.5. The topological polar surface area (TPSA) is 89.6 Å². The number of hydrogen-bond donors (Lipinski definition) is 1. The lowest BCUT2D eigenvalue weighted by Gasteiger charge is -2.24. The maximum absolute atomic E-state index is 13.4. The predicted octanol–water partition coefficient (Wildman–Crippen LogP) is 4.63. The van der Waals surface area contributed by atoms with Gasteiger partial charge in [0.2, 0.25) is 0 Å². The number of hydrogen-bond acceptors (Lipinski definition) is 6. The van der Waals surface area contributed by atoms with Crippen molar-refractivity contribution in [2.24, 2.45) is 10.9 Å². The third-order valence-electron chi connectivity index (χ3n) is 5.69. The molecule has 9 heteroatoms. The zero-order chi connectivity index (χ0) is 25.3. The molecule has 0 aromatic carbocycles. The first-order chi connectivity index (χ1) is 16.5. The highest BCUT2D eigenvalue weighted by Crippen LogP contribution is 2.29. The van der Waals surface area contributed by atoms with E-state index in [1.54, 1.807) is 30.5 Å². The van der Waals surface area contributed by atoms with Gasteiger partial charge in [-0.25, -0.2) is 9.37 Å². The summed E-state index contributed by atoms with van der Waals surface area (Å²) in [6.07, 6.45) is 2.99. The number of aliphatic imine (C=N–C) groups is 1. The number of aryl methyl sites for hydroxylation is 1. The predicted molar refractivity (Wildman–Crippen MR) is 136 cm³/mol. The number of pyridine rings is 3. The number of aliphatic hydroxyl groups is 1. The molecule has 0 aliphatic carbocycles. The van der Waals surface area contributed by atoms with Gasteiger partial charge in [0, 0.05) is 29.9 Å². The van der Waals surface area contributed by atoms with Crippen LogP contribution in [0.25, 0.3) is 5.70 Å². The normalized spacial score (nSPS) is 16.0. The van der Waals surface area contributed by atoms with Gasteiger partial charge in [0.1, 0.15) is 28.2 Å². The summed E-state index contributed by atoms with van der Waals surface area (Å²) >= 11 is 3.39. The van der Waals surface area contributed by atoms with Crippen molar-refractivity contribution in [3.05, 3.63) is 92.1 Å². The van der Waals surface area contributed by atoms with Crippen LogP contribution in [0, 0.1) is 18.7 Å². The number of allylic oxidation sites excluding steroid dienone is 1. The first-order valence-electron chi connectivity index (χ1n) is 11.2. The summed E-state index contributed by atoms with van der Waals surface area (Å²) in [6.45, 7) is 7.80. The molecule has 3 aromatic rings. The van der Waals surface area contributed by atoms with Crippen LogP contribution in [0.3, 0.4) is 0 Å². The van der Waals surface area contributed by atoms with E-state index in [0.717, 1.165) is 11.9 Å². The van der Waals surface area contributed by atoms with Gasteiger partial charge in [-0.15, -0.1) is 0 Å². The number of ether oxygens (including phenoxy) is 1. The van der Waals surface area contributed by atoms with Crippen LogP contribution >= 0.6 is 15.9 Å². The molecule has 4 heterocycles. The second-order valence-electron chi connectivity index (χ2n) is 9.02. The molecule has 1 aliphatic rings. The summed E-state index contributed by atoms with van der Waals surface area (Å²) in [5.74, 6) is -0.0461. The van der Waals surface area contributed by atoms with Gasteiger partial charge in [-0.1, -0.05) is 13.0 Å². The maximum Gasteiger partial charge on any atom is 0.273 e. The average Bonchev–Trinajstić information content (AvgIpc) is 2.82. The van der Waals surface area contributed by atoms with Crippen LogP contribution in [0.1, 0.15) is 43.5 Å². The van der Waals surface area contributed by atoms with Crippen molar-refractivity contribution >= 4 is 27.3 Å². The number of nitrogens with zero attached hydrogens (tertiary/aromatic N) is 4. The van der Waals surface area contributed by atoms with Gasteiger partial charge in [-0.3, -0.25) is 19.3 Å². The van der Waals surface area contributed by atoms with E-state index in [9.17, 15) is 14.3 Å². The molecule has 4 rings (SSSR count). The summed E-state index contributed by atoms with van der Waals surface area (Å²) in [5.41, 5.74) is 2.51. The van der Waals surface area contributed by atoms with Crippen LogP contribution in [-0.4, -0.2) is 31.9 Å². The SMILES string of the molecule is Cc1cc(OCc2ccc(F)cn2)c(Br)c(=O)n1C1=CC(c2cccc(C(C)(C)O)n2)=NC[C@H]1C. The molecule has 1 aliphatic heterocycles. The fourth-order valence-electron chi connectivity index (χ4n) is 3.77. The summed E-state index contributed by atoms with van der Waals surface area (Å²) < 4.78 is 20.8. The van der Waals surface area contributed by atoms with Crippen molar-refractivity contribution in [1.29, 1.82) is 0 Å². The summed E-state index contributed by atoms with van der Waals surface area (Å²) in [5, 5.41) is 10.3. The van der Waals surface area contributed by atoms with Gasteiger partial charge < -0.3 is 9.84 Å². The van der Waals surface area contributed by atoms with Crippen LogP contribution in [0.4, 0.5) is 4.39 Å². The highest BCUT2D eigenvalue weighted by atomic mass is 79.9. The molecule has 7 nitrogen and oxygen atoms in total. The second kappa shape index (κ2) is 9.83. The lowest BCUT2D eigenvalue weighted by molar-refractivity contribution is 0.0738. The standard InChI is InChI=1S/C26H26BrFN4O3/c1-15-12-30-20(19-6-5-7-23(31-19)26(3,4)34)11-21(15)32-16(2)10-22(24(27)25(32)33)35-14-18-9-8-17(28)13-29-18/h5-11,13,15,34H,12,14H2,1-4H3/t15-/m1/s1. The Labute approximate surface area is 211 Å². The van der Waals surface area contributed by atoms with E-state index >= 15 is 0 Å². The van der Waals surface area contributed by atoms with E-state index in [1.807, 2.05) is 32.1 Å². The van der Waals surface area contributed by atoms with Gasteiger partial charge in [-0.05, 0) is 67.0 Å². The van der Waals surface area contributed by atoms with Gasteiger partial charge >= 0.3 is 0 Å². The smallest absolute Gasteiger partial charge is 0.273 e. The van der Waals surface area contributed by atoms with E-state index in [1.165, 1.54) is 12.1 Å². The molecular weight excluding hydrogens is 515 g/mol. The third-order valence-corrected chi connectivity index (χ3v) is 6.42. The molecule has 0 unspecified atom stereocenters. The molecule has 3 aromatic heterocycles. The second-order valence-corrected chi connectivity index (χ2v) is 9.82. The van der Waals surface area contributed by atoms with Crippen molar-refractivity contribution in [3.63, 3.8) is 0 Å². The molecule has 182 valence electrons. The Kier molecular flexibility index (Phi) is 7.00. The Morgan fingerprint density at radius 1 is 1.29 bits per heavy atom. The van der Waals surface area contributed by atoms with Gasteiger partial charge in [-0.2, -0.15) is 0 Å². The van der Waals surface area contributed by atoms with Gasteiger partial charge in [0.05, 0.1) is 29.0 Å². The molecule has 0 fully saturated rings. The van der Waals surface area contributed by atoms with Crippen LogP contribution in [0.2, 0.25) is 0 Å². The highest BCUT2D eigenvalue weighted by molar-refractivity contribution is 9.10. The molecule has 0 saturated carbocycles. The lowest BCUT2D eigenvalue weighted by atomic mass is 9.99. The van der Waals surface area contributed by atoms with Gasteiger partial charge in [0.25, 0.3) is 5.56 Å². The number of halogens is 2. The largest absolute Gasteiger partial charge is 0.486 e. The molecule has 0 radical (unpaired) electrons. The monoisotopic (exact) mass is 540 g/mol. The Morgan fingerprint density at radius 2 is 2.06 bits per heavy atom. The quantitative estimate of drug-likeness (QED) is 0.492. The van der Waals surface area contributed by atoms with Crippen LogP contribution in [0.5, 0.6) is 5.75 Å². The van der Waals surface area contributed by atoms with Crippen LogP contribution < -0.4 is 10.3 Å². The number of aromatic nitrogens is 3. The first-order valence-corrected chi connectivity index (χ1v) is 12.0. The van der Waals surface area contributed by atoms with Crippen molar-refractivity contribution < 1.29 is 14.2 Å². The molecule has 1 atom stereocenters. The first kappa shape index (κ1) is 24.9. The Balaban J connectivity index is 1.67. The number of dihydropyridines is 1. The van der Waals surface area contributed by atoms with E-state index in [4.69, 9.17) is 4.74 Å². The molecule has 1 N–H and O–H groups in total. The third kappa shape index (κ3) is 5.41. The van der Waals surface area contributed by atoms with E-state index in [0.29, 0.717) is 40.8 Å². The average molecular weight is 541 g/mol. The van der Waals surface area contributed by atoms with Crippen molar-refractivity contribution in [3.8, 4) is 5.75 Å². The minimum Gasteiger partial charge on any atom is -0.486 e. The number of rotatable bonds is 6. The van der Waals surface area contributed by atoms with Crippen molar-refractivity contribution in [2.45, 2.75) is 39.9 Å². The molecule has 0 spiro atoms. The van der Waals surface area contributed by atoms with E-state index in [-0.39, 0.29) is 22.6 Å². The lowest BCUT2D eigenvalue weighted by Crippen LogP contribution is -2.29. The van der Waals surface area contributed by atoms with E-state index < -0.39 is 11.4 Å². The Bertz CT molecular complexity index is 1370. The molecule has 0 amide bonds. The van der Waals surface area contributed by atoms with Gasteiger partial charge in [0.15, 0.2) is 0 Å². The Morgan fingerprint density at radius 3 is 2.74 bits per heavy atom. The van der Waals surface area contributed by atoms with Crippen molar-refractivity contribution in [1.82, 2.24) is 14.5 Å². The minimum atomic E-state index is -1.08. The summed E-state index contributed by atoms with van der Waals surface area (Å²) in [6, 6.07) is 10.1. The molecular formula is C26H26BrFN4O3. The van der Waals surface area contributed by atoms with Crippen molar-refractivity contribution in [2.75, 3.05) is 6.54 Å². The van der Waals surface area contributed by atoms with Crippen LogP contribution in [-0.2, 0) is 12.2 Å².